The van der Waals surface area contributed by atoms with Crippen molar-refractivity contribution in [3.05, 3.63) is 41.1 Å². The minimum Gasteiger partial charge on any atom is -0.496 e. The lowest BCUT2D eigenvalue weighted by Gasteiger charge is -2.37. The number of benzene rings is 1. The average molecular weight is 576 g/mol. The molecular formula is C31H41N7O4. The number of fused-ring (bicyclic) bond motifs is 1. The van der Waals surface area contributed by atoms with E-state index in [2.05, 4.69) is 33.9 Å². The number of amides is 1. The van der Waals surface area contributed by atoms with Gasteiger partial charge >= 0.3 is 6.01 Å². The highest BCUT2D eigenvalue weighted by Gasteiger charge is 2.38. The number of anilines is 1. The number of unbranched alkanes of at least 4 members (excludes halogenated alkanes) is 1. The molecule has 0 bridgehead atoms. The molecule has 224 valence electrons. The number of aromatic nitrogens is 3. The molecule has 11 nitrogen and oxygen atoms in total. The number of nitrogen functional groups attached to an aromatic ring is 1. The molecule has 1 saturated carbocycles. The van der Waals surface area contributed by atoms with Gasteiger partial charge in [0.15, 0.2) is 5.65 Å². The molecule has 3 aromatic rings. The number of piperidine rings is 1. The quantitative estimate of drug-likeness (QED) is 0.311. The van der Waals surface area contributed by atoms with Gasteiger partial charge in [0.1, 0.15) is 29.4 Å². The number of methoxy groups -OCH3 is 1. The van der Waals surface area contributed by atoms with E-state index in [1.165, 1.54) is 0 Å². The lowest BCUT2D eigenvalue weighted by atomic mass is 10.0. The Labute approximate surface area is 246 Å². The smallest absolute Gasteiger partial charge is 0.320 e. The lowest BCUT2D eigenvalue weighted by Crippen LogP contribution is -2.48. The fourth-order valence-electron chi connectivity index (χ4n) is 5.67. The molecule has 11 heteroatoms. The SMILES string of the molecule is CCCCOc1nc(N)c2cc(C#N)n(Cc3ccc(CN4CCC(N(C)C(=O)[C@H](O)C5CC5)CC4)cc3OC)c2n1. The third-order valence-corrected chi connectivity index (χ3v) is 8.47. The molecule has 1 aliphatic carbocycles. The molecule has 1 aliphatic heterocycles. The van der Waals surface area contributed by atoms with Crippen molar-refractivity contribution in [3.8, 4) is 17.8 Å². The molecule has 1 atom stereocenters. The second-order valence-electron chi connectivity index (χ2n) is 11.4. The summed E-state index contributed by atoms with van der Waals surface area (Å²) < 4.78 is 13.3. The summed E-state index contributed by atoms with van der Waals surface area (Å²) in [6, 6.07) is 10.5. The highest BCUT2D eigenvalue weighted by atomic mass is 16.5. The van der Waals surface area contributed by atoms with Gasteiger partial charge < -0.3 is 29.8 Å². The number of carbonyl (C=O) groups is 1. The Morgan fingerprint density at radius 3 is 2.64 bits per heavy atom. The van der Waals surface area contributed by atoms with E-state index in [1.54, 1.807) is 18.1 Å². The van der Waals surface area contributed by atoms with Crippen LogP contribution in [0.1, 0.15) is 62.3 Å². The number of aliphatic hydroxyl groups excluding tert-OH is 1. The summed E-state index contributed by atoms with van der Waals surface area (Å²) in [5.74, 6) is 1.02. The number of likely N-dealkylation sites (N-methyl/N-ethyl adjacent to an activating group) is 1. The van der Waals surface area contributed by atoms with Crippen LogP contribution in [-0.2, 0) is 17.9 Å². The first kappa shape index (κ1) is 29.6. The van der Waals surface area contributed by atoms with Gasteiger partial charge in [-0.05, 0) is 55.7 Å². The van der Waals surface area contributed by atoms with Crippen molar-refractivity contribution in [1.82, 2.24) is 24.3 Å². The molecule has 0 unspecified atom stereocenters. The molecule has 0 radical (unpaired) electrons. The zero-order valence-electron chi connectivity index (χ0n) is 24.8. The van der Waals surface area contributed by atoms with E-state index in [1.807, 2.05) is 23.7 Å². The molecule has 2 aromatic heterocycles. The predicted molar refractivity (Wildman–Crippen MR) is 159 cm³/mol. The monoisotopic (exact) mass is 575 g/mol. The van der Waals surface area contributed by atoms with Gasteiger partial charge in [0, 0.05) is 38.3 Å². The van der Waals surface area contributed by atoms with Gasteiger partial charge in [0.25, 0.3) is 5.91 Å². The number of nitrogens with zero attached hydrogens (tertiary/aromatic N) is 6. The first-order valence-corrected chi connectivity index (χ1v) is 14.8. The average Bonchev–Trinajstić information content (AvgIpc) is 3.79. The fourth-order valence-corrected chi connectivity index (χ4v) is 5.67. The van der Waals surface area contributed by atoms with Crippen molar-refractivity contribution in [2.24, 2.45) is 5.92 Å². The van der Waals surface area contributed by atoms with Crippen LogP contribution in [0, 0.1) is 17.2 Å². The summed E-state index contributed by atoms with van der Waals surface area (Å²) in [7, 11) is 3.47. The van der Waals surface area contributed by atoms with Crippen molar-refractivity contribution in [3.63, 3.8) is 0 Å². The highest BCUT2D eigenvalue weighted by molar-refractivity contribution is 5.88. The number of nitrogens with two attached hydrogens (primary N) is 1. The van der Waals surface area contributed by atoms with E-state index in [-0.39, 0.29) is 29.7 Å². The normalized spacial score (nSPS) is 16.7. The van der Waals surface area contributed by atoms with Crippen LogP contribution >= 0.6 is 0 Å². The van der Waals surface area contributed by atoms with Crippen molar-refractivity contribution >= 4 is 22.8 Å². The highest BCUT2D eigenvalue weighted by Crippen LogP contribution is 2.34. The molecule has 5 rings (SSSR count). The van der Waals surface area contributed by atoms with Gasteiger partial charge in [-0.15, -0.1) is 0 Å². The van der Waals surface area contributed by atoms with Gasteiger partial charge in [-0.25, -0.2) is 0 Å². The van der Waals surface area contributed by atoms with Gasteiger partial charge in [-0.2, -0.15) is 15.2 Å². The summed E-state index contributed by atoms with van der Waals surface area (Å²) in [5.41, 5.74) is 9.22. The molecule has 1 saturated heterocycles. The fraction of sp³-hybridized carbons (Fsp3) is 0.548. The second kappa shape index (κ2) is 13.0. The van der Waals surface area contributed by atoms with Crippen LogP contribution in [0.5, 0.6) is 11.8 Å². The zero-order valence-corrected chi connectivity index (χ0v) is 24.8. The summed E-state index contributed by atoms with van der Waals surface area (Å²) in [5, 5.41) is 20.7. The number of likely N-dealkylation sites (tertiary alicyclic amines) is 1. The first-order chi connectivity index (χ1) is 20.3. The van der Waals surface area contributed by atoms with Crippen LogP contribution in [-0.4, -0.2) is 81.3 Å². The number of carbonyl (C=O) groups excluding carboxylic acids is 1. The van der Waals surface area contributed by atoms with Crippen LogP contribution in [0.2, 0.25) is 0 Å². The summed E-state index contributed by atoms with van der Waals surface area (Å²) in [4.78, 5) is 25.6. The molecule has 2 aliphatic rings. The molecule has 1 aromatic carbocycles. The minimum atomic E-state index is -0.848. The maximum absolute atomic E-state index is 12.6. The van der Waals surface area contributed by atoms with Gasteiger partial charge in [-0.1, -0.05) is 25.5 Å². The van der Waals surface area contributed by atoms with Crippen molar-refractivity contribution in [2.45, 2.75) is 70.7 Å². The van der Waals surface area contributed by atoms with E-state index >= 15 is 0 Å². The summed E-state index contributed by atoms with van der Waals surface area (Å²) in [6.45, 7) is 5.47. The number of hydrogen-bond acceptors (Lipinski definition) is 9. The van der Waals surface area contributed by atoms with E-state index in [9.17, 15) is 15.2 Å². The zero-order chi connectivity index (χ0) is 29.8. The maximum atomic E-state index is 12.6. The van der Waals surface area contributed by atoms with Gasteiger partial charge in [0.05, 0.1) is 25.6 Å². The standard InChI is InChI=1S/C31H41N7O4/c1-4-5-14-42-31-34-28(33)25-16-24(17-32)38(29(25)35-31)19-22-7-6-20(15-26(22)41-3)18-37-12-10-23(11-13-37)36(2)30(40)27(39)21-8-9-21/h6-7,15-16,21,23,27,39H,4-5,8-14,18-19H2,1-3H3,(H2,33,34,35)/t27-/m1/s1. The minimum absolute atomic E-state index is 0.138. The molecule has 1 amide bonds. The lowest BCUT2D eigenvalue weighted by molar-refractivity contribution is -0.143. The van der Waals surface area contributed by atoms with Crippen molar-refractivity contribution < 1.29 is 19.4 Å². The largest absolute Gasteiger partial charge is 0.496 e. The first-order valence-electron chi connectivity index (χ1n) is 14.8. The van der Waals surface area contributed by atoms with E-state index in [0.717, 1.165) is 75.0 Å². The van der Waals surface area contributed by atoms with Gasteiger partial charge in [-0.3, -0.25) is 9.69 Å². The maximum Gasteiger partial charge on any atom is 0.320 e. The van der Waals surface area contributed by atoms with E-state index < -0.39 is 6.10 Å². The van der Waals surface area contributed by atoms with Crippen LogP contribution < -0.4 is 15.2 Å². The Hall–Kier alpha value is -3.88. The van der Waals surface area contributed by atoms with Crippen LogP contribution in [0.4, 0.5) is 5.82 Å². The Kier molecular flexibility index (Phi) is 9.14. The Morgan fingerprint density at radius 1 is 1.21 bits per heavy atom. The molecule has 0 spiro atoms. The van der Waals surface area contributed by atoms with E-state index in [0.29, 0.717) is 29.9 Å². The topological polar surface area (TPSA) is 143 Å². The molecule has 3 heterocycles. The number of rotatable bonds is 12. The van der Waals surface area contributed by atoms with Crippen LogP contribution in [0.25, 0.3) is 11.0 Å². The second-order valence-corrected chi connectivity index (χ2v) is 11.4. The number of nitriles is 1. The molecule has 42 heavy (non-hydrogen) atoms. The van der Waals surface area contributed by atoms with Crippen molar-refractivity contribution in [1.29, 1.82) is 5.26 Å². The number of aliphatic hydroxyl groups is 1. The summed E-state index contributed by atoms with van der Waals surface area (Å²) in [6.07, 6.45) is 4.67. The van der Waals surface area contributed by atoms with Crippen molar-refractivity contribution in [2.75, 3.05) is 39.6 Å². The summed E-state index contributed by atoms with van der Waals surface area (Å²) >= 11 is 0. The predicted octanol–water partition coefficient (Wildman–Crippen LogP) is 3.31. The Morgan fingerprint density at radius 2 is 1.98 bits per heavy atom. The Bertz CT molecular complexity index is 1450. The van der Waals surface area contributed by atoms with Crippen LogP contribution in [0.3, 0.4) is 0 Å². The molecular weight excluding hydrogens is 534 g/mol. The van der Waals surface area contributed by atoms with Crippen LogP contribution in [0.15, 0.2) is 24.3 Å². The number of ether oxygens (including phenoxy) is 2. The van der Waals surface area contributed by atoms with E-state index in [4.69, 9.17) is 15.2 Å². The Balaban J connectivity index is 1.26. The third-order valence-electron chi connectivity index (χ3n) is 8.47. The molecule has 2 fully saturated rings. The number of hydrogen-bond donors (Lipinski definition) is 2. The molecule has 3 N–H and O–H groups in total. The van der Waals surface area contributed by atoms with Gasteiger partial charge in [0.2, 0.25) is 0 Å². The third kappa shape index (κ3) is 6.45.